The number of hydrogen-bond donors (Lipinski definition) is 1. The SMILES string of the molecule is CC(=O)NC[C@H]1CN(c2ccc(-c3ccc(CCCCN4CCCC4)cc3)c(F)c2)C(=O)O1. The highest BCUT2D eigenvalue weighted by Crippen LogP contribution is 2.29. The fourth-order valence-corrected chi connectivity index (χ4v) is 4.52. The summed E-state index contributed by atoms with van der Waals surface area (Å²) in [4.78, 5) is 27.2. The molecule has 0 bridgehead atoms. The van der Waals surface area contributed by atoms with Crippen LogP contribution in [-0.4, -0.2) is 55.7 Å². The van der Waals surface area contributed by atoms with Gasteiger partial charge in [0.05, 0.1) is 18.8 Å². The van der Waals surface area contributed by atoms with Gasteiger partial charge < -0.3 is 15.0 Å². The third-order valence-electron chi connectivity index (χ3n) is 6.37. The molecule has 2 aromatic rings. The zero-order chi connectivity index (χ0) is 23.2. The van der Waals surface area contributed by atoms with Gasteiger partial charge in [0, 0.05) is 12.5 Å². The molecule has 0 radical (unpaired) electrons. The van der Waals surface area contributed by atoms with Crippen molar-refractivity contribution in [2.24, 2.45) is 0 Å². The number of carbonyl (C=O) groups excluding carboxylic acids is 2. The quantitative estimate of drug-likeness (QED) is 0.573. The van der Waals surface area contributed by atoms with E-state index in [1.807, 2.05) is 12.1 Å². The second kappa shape index (κ2) is 10.8. The van der Waals surface area contributed by atoms with Gasteiger partial charge in [-0.15, -0.1) is 0 Å². The maximum Gasteiger partial charge on any atom is 0.414 e. The van der Waals surface area contributed by atoms with Crippen LogP contribution in [0.15, 0.2) is 42.5 Å². The van der Waals surface area contributed by atoms with Crippen molar-refractivity contribution in [2.45, 2.75) is 45.1 Å². The van der Waals surface area contributed by atoms with Crippen LogP contribution in [0.3, 0.4) is 0 Å². The Balaban J connectivity index is 1.33. The lowest BCUT2D eigenvalue weighted by molar-refractivity contribution is -0.119. The molecule has 0 aliphatic carbocycles. The molecule has 2 heterocycles. The molecule has 0 aromatic heterocycles. The molecule has 6 nitrogen and oxygen atoms in total. The highest BCUT2D eigenvalue weighted by molar-refractivity contribution is 5.90. The lowest BCUT2D eigenvalue weighted by atomic mass is 10.0. The molecule has 176 valence electrons. The van der Waals surface area contributed by atoms with Gasteiger partial charge in [0.1, 0.15) is 11.9 Å². The molecule has 4 rings (SSSR count). The summed E-state index contributed by atoms with van der Waals surface area (Å²) in [7, 11) is 0. The maximum atomic E-state index is 14.9. The van der Waals surface area contributed by atoms with Crippen molar-refractivity contribution in [1.82, 2.24) is 10.2 Å². The summed E-state index contributed by atoms with van der Waals surface area (Å²) in [6.45, 7) is 5.59. The first-order chi connectivity index (χ1) is 16.0. The number of benzene rings is 2. The minimum absolute atomic E-state index is 0.187. The number of unbranched alkanes of at least 4 members (excludes halogenated alkanes) is 1. The Kier molecular flexibility index (Phi) is 7.60. The van der Waals surface area contributed by atoms with Crippen molar-refractivity contribution in [2.75, 3.05) is 37.6 Å². The smallest absolute Gasteiger partial charge is 0.414 e. The van der Waals surface area contributed by atoms with E-state index in [-0.39, 0.29) is 24.8 Å². The number of cyclic esters (lactones) is 1. The Bertz CT molecular complexity index is 973. The van der Waals surface area contributed by atoms with E-state index in [4.69, 9.17) is 4.74 Å². The number of rotatable bonds is 9. The van der Waals surface area contributed by atoms with Crippen LogP contribution in [0.4, 0.5) is 14.9 Å². The number of likely N-dealkylation sites (tertiary alicyclic amines) is 1. The van der Waals surface area contributed by atoms with Crippen LogP contribution in [0.5, 0.6) is 0 Å². The van der Waals surface area contributed by atoms with E-state index in [0.29, 0.717) is 11.3 Å². The minimum Gasteiger partial charge on any atom is -0.442 e. The lowest BCUT2D eigenvalue weighted by Crippen LogP contribution is -2.33. The Morgan fingerprint density at radius 1 is 1.12 bits per heavy atom. The predicted octanol–water partition coefficient (Wildman–Crippen LogP) is 4.37. The Morgan fingerprint density at radius 2 is 1.88 bits per heavy atom. The molecule has 33 heavy (non-hydrogen) atoms. The second-order valence-corrected chi connectivity index (χ2v) is 8.92. The number of aryl methyl sites for hydroxylation is 1. The molecule has 2 saturated heterocycles. The van der Waals surface area contributed by atoms with Gasteiger partial charge in [-0.2, -0.15) is 0 Å². The number of halogens is 1. The molecule has 2 aliphatic heterocycles. The van der Waals surface area contributed by atoms with Crippen LogP contribution in [0.2, 0.25) is 0 Å². The van der Waals surface area contributed by atoms with E-state index in [9.17, 15) is 14.0 Å². The fourth-order valence-electron chi connectivity index (χ4n) is 4.52. The van der Waals surface area contributed by atoms with Gasteiger partial charge in [0.15, 0.2) is 0 Å². The van der Waals surface area contributed by atoms with Crippen LogP contribution in [0, 0.1) is 5.82 Å². The first-order valence-corrected chi connectivity index (χ1v) is 11.8. The molecule has 2 aliphatic rings. The second-order valence-electron chi connectivity index (χ2n) is 8.92. The molecule has 0 unspecified atom stereocenters. The molecule has 2 amide bonds. The highest BCUT2D eigenvalue weighted by Gasteiger charge is 2.32. The number of ether oxygens (including phenoxy) is 1. The van der Waals surface area contributed by atoms with Crippen molar-refractivity contribution < 1.29 is 18.7 Å². The van der Waals surface area contributed by atoms with Crippen molar-refractivity contribution in [1.29, 1.82) is 0 Å². The first-order valence-electron chi connectivity index (χ1n) is 11.8. The Labute approximate surface area is 194 Å². The van der Waals surface area contributed by atoms with E-state index in [2.05, 4.69) is 22.3 Å². The maximum absolute atomic E-state index is 14.9. The van der Waals surface area contributed by atoms with Crippen LogP contribution in [0.1, 0.15) is 38.2 Å². The molecule has 0 spiro atoms. The van der Waals surface area contributed by atoms with Gasteiger partial charge in [-0.1, -0.05) is 24.3 Å². The number of nitrogens with zero attached hydrogens (tertiary/aromatic N) is 2. The first kappa shape index (κ1) is 23.2. The zero-order valence-electron chi connectivity index (χ0n) is 19.2. The number of nitrogens with one attached hydrogen (secondary N) is 1. The highest BCUT2D eigenvalue weighted by atomic mass is 19.1. The molecular weight excluding hydrogens is 421 g/mol. The number of amides is 2. The van der Waals surface area contributed by atoms with E-state index < -0.39 is 12.2 Å². The normalized spacial score (nSPS) is 18.5. The van der Waals surface area contributed by atoms with Crippen LogP contribution >= 0.6 is 0 Å². The molecule has 2 fully saturated rings. The van der Waals surface area contributed by atoms with Gasteiger partial charge in [0.25, 0.3) is 0 Å². The molecule has 1 atom stereocenters. The summed E-state index contributed by atoms with van der Waals surface area (Å²) in [6.07, 6.45) is 5.08. The topological polar surface area (TPSA) is 61.9 Å². The standard InChI is InChI=1S/C26H32FN3O3/c1-19(31)28-17-23-18-30(26(32)33-23)22-11-12-24(25(27)16-22)21-9-7-20(8-10-21)6-2-3-13-29-14-4-5-15-29/h7-12,16,23H,2-6,13-15,17-18H2,1H3,(H,28,31)/t23-/m0/s1. The van der Waals surface area contributed by atoms with Gasteiger partial charge in [-0.05, 0) is 81.1 Å². The van der Waals surface area contributed by atoms with E-state index in [0.717, 1.165) is 18.4 Å². The van der Waals surface area contributed by atoms with E-state index in [1.54, 1.807) is 12.1 Å². The Morgan fingerprint density at radius 3 is 2.58 bits per heavy atom. The van der Waals surface area contributed by atoms with Crippen LogP contribution in [-0.2, 0) is 16.0 Å². The summed E-state index contributed by atoms with van der Waals surface area (Å²) in [5.74, 6) is -0.572. The molecule has 2 aromatic carbocycles. The number of carbonyl (C=O) groups is 2. The number of anilines is 1. The molecule has 1 N–H and O–H groups in total. The largest absolute Gasteiger partial charge is 0.442 e. The summed E-state index contributed by atoms with van der Waals surface area (Å²) < 4.78 is 20.2. The monoisotopic (exact) mass is 453 g/mol. The van der Waals surface area contributed by atoms with Gasteiger partial charge in [0.2, 0.25) is 5.91 Å². The summed E-state index contributed by atoms with van der Waals surface area (Å²) in [5.41, 5.74) is 3.03. The third-order valence-corrected chi connectivity index (χ3v) is 6.37. The summed E-state index contributed by atoms with van der Waals surface area (Å²) in [6, 6.07) is 12.9. The predicted molar refractivity (Wildman–Crippen MR) is 127 cm³/mol. The number of hydrogen-bond acceptors (Lipinski definition) is 4. The minimum atomic E-state index is -0.536. The van der Waals surface area contributed by atoms with E-state index in [1.165, 1.54) is 62.4 Å². The van der Waals surface area contributed by atoms with Gasteiger partial charge in [-0.25, -0.2) is 9.18 Å². The van der Waals surface area contributed by atoms with Crippen LogP contribution < -0.4 is 10.2 Å². The van der Waals surface area contributed by atoms with Crippen molar-refractivity contribution >= 4 is 17.7 Å². The lowest BCUT2D eigenvalue weighted by Gasteiger charge is -2.15. The average Bonchev–Trinajstić information content (AvgIpc) is 3.45. The summed E-state index contributed by atoms with van der Waals surface area (Å²) in [5, 5.41) is 2.64. The van der Waals surface area contributed by atoms with Gasteiger partial charge in [-0.3, -0.25) is 9.69 Å². The van der Waals surface area contributed by atoms with Crippen molar-refractivity contribution in [3.05, 3.63) is 53.8 Å². The molecule has 7 heteroatoms. The van der Waals surface area contributed by atoms with Crippen LogP contribution in [0.25, 0.3) is 11.1 Å². The Hall–Kier alpha value is -2.93. The van der Waals surface area contributed by atoms with Crippen molar-refractivity contribution in [3.63, 3.8) is 0 Å². The fraction of sp³-hybridized carbons (Fsp3) is 0.462. The van der Waals surface area contributed by atoms with E-state index >= 15 is 0 Å². The van der Waals surface area contributed by atoms with Gasteiger partial charge >= 0.3 is 6.09 Å². The zero-order valence-corrected chi connectivity index (χ0v) is 19.2. The van der Waals surface area contributed by atoms with Crippen molar-refractivity contribution in [3.8, 4) is 11.1 Å². The average molecular weight is 454 g/mol. The third kappa shape index (κ3) is 6.11. The molecular formula is C26H32FN3O3. The molecule has 0 saturated carbocycles. The summed E-state index contributed by atoms with van der Waals surface area (Å²) >= 11 is 0.